The fraction of sp³-hybridized carbons (Fsp3) is 0.625. The summed E-state index contributed by atoms with van der Waals surface area (Å²) in [7, 11) is 0. The van der Waals surface area contributed by atoms with Crippen molar-refractivity contribution in [2.24, 2.45) is 0 Å². The van der Waals surface area contributed by atoms with Gasteiger partial charge in [-0.1, -0.05) is 0 Å². The summed E-state index contributed by atoms with van der Waals surface area (Å²) in [5.41, 5.74) is 1.12. The number of hydrogen-bond acceptors (Lipinski definition) is 2. The molecule has 0 saturated carbocycles. The van der Waals surface area contributed by atoms with Crippen molar-refractivity contribution in [1.29, 1.82) is 0 Å². The number of nitrogens with zero attached hydrogens (tertiary/aromatic N) is 3. The normalized spacial score (nSPS) is 19.7. The van der Waals surface area contributed by atoms with Gasteiger partial charge in [0.1, 0.15) is 0 Å². The van der Waals surface area contributed by atoms with Gasteiger partial charge in [0.2, 0.25) is 0 Å². The number of rotatable bonds is 2. The van der Waals surface area contributed by atoms with Crippen molar-refractivity contribution < 1.29 is 0 Å². The van der Waals surface area contributed by atoms with Crippen LogP contribution in [-0.4, -0.2) is 41.3 Å². The molecular formula is C8H13N4. The standard InChI is InChI=1S/C8H13N4/c1-2-10-11-8(1)7-12-5-3-9-4-6-12/h1-2H,3-7H2,(H,10,11). The lowest BCUT2D eigenvalue weighted by Crippen LogP contribution is -2.39. The van der Waals surface area contributed by atoms with E-state index in [1.807, 2.05) is 12.3 Å². The van der Waals surface area contributed by atoms with Gasteiger partial charge in [-0.2, -0.15) is 5.10 Å². The Morgan fingerprint density at radius 1 is 1.42 bits per heavy atom. The molecule has 1 aromatic rings. The van der Waals surface area contributed by atoms with Crippen LogP contribution in [0.3, 0.4) is 0 Å². The molecular weight excluding hydrogens is 152 g/mol. The zero-order valence-electron chi connectivity index (χ0n) is 7.03. The van der Waals surface area contributed by atoms with E-state index in [9.17, 15) is 0 Å². The molecule has 0 aliphatic carbocycles. The summed E-state index contributed by atoms with van der Waals surface area (Å²) >= 11 is 0. The van der Waals surface area contributed by atoms with E-state index in [-0.39, 0.29) is 0 Å². The lowest BCUT2D eigenvalue weighted by Gasteiger charge is -2.25. The van der Waals surface area contributed by atoms with Crippen LogP contribution in [0.15, 0.2) is 12.3 Å². The summed E-state index contributed by atoms with van der Waals surface area (Å²) < 4.78 is 0. The van der Waals surface area contributed by atoms with Crippen LogP contribution in [0.5, 0.6) is 0 Å². The van der Waals surface area contributed by atoms with Crippen LogP contribution in [0.4, 0.5) is 0 Å². The van der Waals surface area contributed by atoms with E-state index in [2.05, 4.69) is 20.4 Å². The van der Waals surface area contributed by atoms with Crippen LogP contribution in [-0.2, 0) is 6.54 Å². The molecule has 0 atom stereocenters. The van der Waals surface area contributed by atoms with Gasteiger partial charge >= 0.3 is 0 Å². The minimum absolute atomic E-state index is 0.957. The number of H-pyrrole nitrogens is 1. The van der Waals surface area contributed by atoms with Crippen molar-refractivity contribution >= 4 is 0 Å². The zero-order valence-corrected chi connectivity index (χ0v) is 7.03. The Morgan fingerprint density at radius 2 is 2.25 bits per heavy atom. The highest BCUT2D eigenvalue weighted by molar-refractivity contribution is 4.97. The van der Waals surface area contributed by atoms with Crippen molar-refractivity contribution in [2.75, 3.05) is 26.2 Å². The Morgan fingerprint density at radius 3 is 2.92 bits per heavy atom. The molecule has 1 aliphatic heterocycles. The maximum Gasteiger partial charge on any atom is 0.0762 e. The van der Waals surface area contributed by atoms with E-state index in [0.29, 0.717) is 0 Å². The van der Waals surface area contributed by atoms with Crippen molar-refractivity contribution in [3.63, 3.8) is 0 Å². The molecule has 1 radical (unpaired) electrons. The van der Waals surface area contributed by atoms with Crippen molar-refractivity contribution in [1.82, 2.24) is 20.4 Å². The van der Waals surface area contributed by atoms with Crippen molar-refractivity contribution in [3.8, 4) is 0 Å². The van der Waals surface area contributed by atoms with Gasteiger partial charge in [-0.15, -0.1) is 0 Å². The van der Waals surface area contributed by atoms with E-state index < -0.39 is 0 Å². The highest BCUT2D eigenvalue weighted by Crippen LogP contribution is 2.01. The molecule has 0 aromatic carbocycles. The molecule has 1 aromatic heterocycles. The summed E-state index contributed by atoms with van der Waals surface area (Å²) in [6.07, 6.45) is 1.86. The number of nitrogens with one attached hydrogen (secondary N) is 1. The zero-order chi connectivity index (χ0) is 8.23. The Balaban J connectivity index is 1.86. The fourth-order valence-electron chi connectivity index (χ4n) is 1.41. The molecule has 0 amide bonds. The molecule has 65 valence electrons. The van der Waals surface area contributed by atoms with E-state index in [1.165, 1.54) is 0 Å². The lowest BCUT2D eigenvalue weighted by atomic mass is 10.3. The van der Waals surface area contributed by atoms with Gasteiger partial charge in [0.05, 0.1) is 5.69 Å². The van der Waals surface area contributed by atoms with Gasteiger partial charge in [0, 0.05) is 38.9 Å². The van der Waals surface area contributed by atoms with Gasteiger partial charge in [-0.05, 0) is 6.07 Å². The molecule has 4 heteroatoms. The Labute approximate surface area is 72.0 Å². The minimum atomic E-state index is 0.957. The second-order valence-corrected chi connectivity index (χ2v) is 3.01. The Bertz CT molecular complexity index is 213. The van der Waals surface area contributed by atoms with Crippen molar-refractivity contribution in [2.45, 2.75) is 6.54 Å². The molecule has 2 heterocycles. The highest BCUT2D eigenvalue weighted by Gasteiger charge is 2.10. The largest absolute Gasteiger partial charge is 0.295 e. The number of hydrogen-bond donors (Lipinski definition) is 1. The summed E-state index contributed by atoms with van der Waals surface area (Å²) in [5, 5.41) is 11.2. The summed E-state index contributed by atoms with van der Waals surface area (Å²) in [5.74, 6) is 0. The molecule has 4 nitrogen and oxygen atoms in total. The smallest absolute Gasteiger partial charge is 0.0762 e. The van der Waals surface area contributed by atoms with Gasteiger partial charge in [0.15, 0.2) is 0 Å². The molecule has 1 fully saturated rings. The van der Waals surface area contributed by atoms with Gasteiger partial charge in [0.25, 0.3) is 0 Å². The second-order valence-electron chi connectivity index (χ2n) is 3.01. The third kappa shape index (κ3) is 1.84. The number of aromatic amines is 1. The summed E-state index contributed by atoms with van der Waals surface area (Å²) in [6.45, 7) is 5.06. The third-order valence-electron chi connectivity index (χ3n) is 2.09. The van der Waals surface area contributed by atoms with E-state index in [1.54, 1.807) is 0 Å². The van der Waals surface area contributed by atoms with Crippen LogP contribution in [0.25, 0.3) is 0 Å². The molecule has 12 heavy (non-hydrogen) atoms. The van der Waals surface area contributed by atoms with Crippen LogP contribution < -0.4 is 5.32 Å². The van der Waals surface area contributed by atoms with Gasteiger partial charge in [-0.3, -0.25) is 10.00 Å². The fourth-order valence-corrected chi connectivity index (χ4v) is 1.41. The summed E-state index contributed by atoms with van der Waals surface area (Å²) in [4.78, 5) is 2.38. The molecule has 1 saturated heterocycles. The SMILES string of the molecule is c1cc(CN2CC[N]CC2)n[nH]1. The van der Waals surface area contributed by atoms with Crippen molar-refractivity contribution in [3.05, 3.63) is 18.0 Å². The summed E-state index contributed by atoms with van der Waals surface area (Å²) in [6, 6.07) is 2.02. The van der Waals surface area contributed by atoms with Crippen LogP contribution in [0.2, 0.25) is 0 Å². The number of aromatic nitrogens is 2. The topological polar surface area (TPSA) is 46.0 Å². The molecule has 1 N–H and O–H groups in total. The van der Waals surface area contributed by atoms with Crippen LogP contribution >= 0.6 is 0 Å². The first-order valence-electron chi connectivity index (χ1n) is 4.29. The quantitative estimate of drug-likeness (QED) is 0.661. The maximum atomic E-state index is 4.29. The lowest BCUT2D eigenvalue weighted by molar-refractivity contribution is 0.228. The maximum absolute atomic E-state index is 4.29. The highest BCUT2D eigenvalue weighted by atomic mass is 15.2. The van der Waals surface area contributed by atoms with E-state index in [0.717, 1.165) is 38.4 Å². The third-order valence-corrected chi connectivity index (χ3v) is 2.09. The van der Waals surface area contributed by atoms with Gasteiger partial charge < -0.3 is 0 Å². The van der Waals surface area contributed by atoms with Crippen LogP contribution in [0.1, 0.15) is 5.69 Å². The van der Waals surface area contributed by atoms with E-state index in [4.69, 9.17) is 0 Å². The predicted octanol–water partition coefficient (Wildman–Crippen LogP) is -0.170. The second kappa shape index (κ2) is 3.69. The molecule has 1 aliphatic rings. The Kier molecular flexibility index (Phi) is 2.39. The predicted molar refractivity (Wildman–Crippen MR) is 45.7 cm³/mol. The first kappa shape index (κ1) is 7.76. The van der Waals surface area contributed by atoms with Gasteiger partial charge in [-0.25, -0.2) is 5.32 Å². The molecule has 0 bridgehead atoms. The molecule has 0 unspecified atom stereocenters. The minimum Gasteiger partial charge on any atom is -0.295 e. The first-order chi connectivity index (χ1) is 5.95. The Hall–Kier alpha value is -0.870. The molecule has 0 spiro atoms. The average molecular weight is 165 g/mol. The monoisotopic (exact) mass is 165 g/mol. The first-order valence-corrected chi connectivity index (χ1v) is 4.29. The average Bonchev–Trinajstić information content (AvgIpc) is 2.59. The van der Waals surface area contributed by atoms with Crippen LogP contribution in [0, 0.1) is 0 Å². The molecule has 2 rings (SSSR count). The van der Waals surface area contributed by atoms with E-state index >= 15 is 0 Å². The number of piperazine rings is 1.